The van der Waals surface area contributed by atoms with Crippen LogP contribution in [0.2, 0.25) is 0 Å². The Morgan fingerprint density at radius 3 is 2.80 bits per heavy atom. The summed E-state index contributed by atoms with van der Waals surface area (Å²) < 4.78 is 0. The highest BCUT2D eigenvalue weighted by molar-refractivity contribution is 5.96. The van der Waals surface area contributed by atoms with E-state index in [1.807, 2.05) is 18.7 Å². The topological polar surface area (TPSA) is 32.3 Å². The molecule has 0 spiro atoms. The molecule has 1 saturated carbocycles. The zero-order valence-electron chi connectivity index (χ0n) is 15.8. The summed E-state index contributed by atoms with van der Waals surface area (Å²) in [4.78, 5) is 14.3. The molecular formula is C22H32N2O. The molecule has 1 aromatic carbocycles. The van der Waals surface area contributed by atoms with E-state index >= 15 is 0 Å². The van der Waals surface area contributed by atoms with Crippen molar-refractivity contribution < 1.29 is 4.79 Å². The third-order valence-corrected chi connectivity index (χ3v) is 6.51. The number of piperidine rings is 1. The van der Waals surface area contributed by atoms with Gasteiger partial charge in [0.1, 0.15) is 0 Å². The maximum atomic E-state index is 12.3. The van der Waals surface area contributed by atoms with Gasteiger partial charge in [0.25, 0.3) is 0 Å². The van der Waals surface area contributed by atoms with Crippen molar-refractivity contribution in [1.82, 2.24) is 5.32 Å². The molecule has 1 N–H and O–H groups in total. The first-order chi connectivity index (χ1) is 12.1. The lowest BCUT2D eigenvalue weighted by Crippen LogP contribution is -2.32. The highest BCUT2D eigenvalue weighted by Gasteiger charge is 2.39. The van der Waals surface area contributed by atoms with Gasteiger partial charge in [0.2, 0.25) is 5.91 Å². The van der Waals surface area contributed by atoms with Crippen molar-refractivity contribution in [2.24, 2.45) is 17.8 Å². The zero-order valence-corrected chi connectivity index (χ0v) is 15.8. The molecule has 1 aliphatic carbocycles. The van der Waals surface area contributed by atoms with Crippen LogP contribution in [0.3, 0.4) is 0 Å². The molecule has 2 fully saturated rings. The van der Waals surface area contributed by atoms with Crippen LogP contribution in [0.5, 0.6) is 0 Å². The SMILES string of the molecule is CC(C)C(=O)N1CCc2cc(C3CC3CCC3CCNCC3)ccc21. The van der Waals surface area contributed by atoms with Crippen LogP contribution in [0, 0.1) is 17.8 Å². The lowest BCUT2D eigenvalue weighted by atomic mass is 9.91. The van der Waals surface area contributed by atoms with Gasteiger partial charge in [-0.2, -0.15) is 0 Å². The van der Waals surface area contributed by atoms with Gasteiger partial charge in [0.15, 0.2) is 0 Å². The van der Waals surface area contributed by atoms with E-state index in [2.05, 4.69) is 23.5 Å². The van der Waals surface area contributed by atoms with Gasteiger partial charge in [0.05, 0.1) is 0 Å². The Kier molecular flexibility index (Phi) is 4.86. The molecule has 3 heteroatoms. The molecule has 0 bridgehead atoms. The number of nitrogens with zero attached hydrogens (tertiary/aromatic N) is 1. The number of fused-ring (bicyclic) bond motifs is 1. The third-order valence-electron chi connectivity index (χ3n) is 6.51. The number of carbonyl (C=O) groups is 1. The van der Waals surface area contributed by atoms with Crippen LogP contribution in [0.15, 0.2) is 18.2 Å². The second-order valence-electron chi connectivity index (χ2n) is 8.66. The molecule has 1 amide bonds. The minimum absolute atomic E-state index is 0.0772. The second kappa shape index (κ2) is 7.11. The molecule has 2 heterocycles. The van der Waals surface area contributed by atoms with Crippen LogP contribution in [0.25, 0.3) is 0 Å². The second-order valence-corrected chi connectivity index (χ2v) is 8.66. The standard InChI is InChI=1S/C22H32N2O/c1-15(2)22(25)24-12-9-19-13-17(5-6-21(19)24)20-14-18(20)4-3-16-7-10-23-11-8-16/h5-6,13,15-16,18,20,23H,3-4,7-12,14H2,1-2H3. The van der Waals surface area contributed by atoms with E-state index in [-0.39, 0.29) is 11.8 Å². The van der Waals surface area contributed by atoms with Crippen molar-refractivity contribution in [3.8, 4) is 0 Å². The molecule has 0 radical (unpaired) electrons. The Morgan fingerprint density at radius 2 is 2.04 bits per heavy atom. The molecule has 2 unspecified atom stereocenters. The van der Waals surface area contributed by atoms with Crippen molar-refractivity contribution in [3.05, 3.63) is 29.3 Å². The first kappa shape index (κ1) is 17.1. The Labute approximate surface area is 152 Å². The average Bonchev–Trinajstić information content (AvgIpc) is 3.29. The van der Waals surface area contributed by atoms with Gasteiger partial charge in [-0.25, -0.2) is 0 Å². The summed E-state index contributed by atoms with van der Waals surface area (Å²) in [5.41, 5.74) is 4.07. The molecule has 25 heavy (non-hydrogen) atoms. The van der Waals surface area contributed by atoms with E-state index in [1.54, 1.807) is 0 Å². The van der Waals surface area contributed by atoms with Crippen molar-refractivity contribution in [3.63, 3.8) is 0 Å². The van der Waals surface area contributed by atoms with Crippen LogP contribution in [0.1, 0.15) is 63.0 Å². The van der Waals surface area contributed by atoms with Crippen LogP contribution >= 0.6 is 0 Å². The number of anilines is 1. The van der Waals surface area contributed by atoms with Crippen molar-refractivity contribution in [2.75, 3.05) is 24.5 Å². The fourth-order valence-corrected chi connectivity index (χ4v) is 4.79. The number of hydrogen-bond acceptors (Lipinski definition) is 2. The molecule has 2 aliphatic heterocycles. The van der Waals surface area contributed by atoms with E-state index in [9.17, 15) is 4.79 Å². The summed E-state index contributed by atoms with van der Waals surface area (Å²) in [5, 5.41) is 3.47. The number of carbonyl (C=O) groups excluding carboxylic acids is 1. The summed E-state index contributed by atoms with van der Waals surface area (Å²) >= 11 is 0. The monoisotopic (exact) mass is 340 g/mol. The Hall–Kier alpha value is -1.35. The number of nitrogens with one attached hydrogen (secondary N) is 1. The number of benzene rings is 1. The minimum atomic E-state index is 0.0772. The normalized spacial score (nSPS) is 26.1. The van der Waals surface area contributed by atoms with Gasteiger partial charge in [-0.05, 0) is 80.1 Å². The summed E-state index contributed by atoms with van der Waals surface area (Å²) in [7, 11) is 0. The van der Waals surface area contributed by atoms with Crippen molar-refractivity contribution in [1.29, 1.82) is 0 Å². The Morgan fingerprint density at radius 1 is 1.24 bits per heavy atom. The van der Waals surface area contributed by atoms with Gasteiger partial charge in [0, 0.05) is 18.2 Å². The zero-order chi connectivity index (χ0) is 17.4. The lowest BCUT2D eigenvalue weighted by Gasteiger charge is -2.22. The number of hydrogen-bond donors (Lipinski definition) is 1. The highest BCUT2D eigenvalue weighted by Crippen LogP contribution is 2.51. The molecule has 3 nitrogen and oxygen atoms in total. The minimum Gasteiger partial charge on any atom is -0.317 e. The quantitative estimate of drug-likeness (QED) is 0.874. The predicted octanol–water partition coefficient (Wildman–Crippen LogP) is 4.12. The first-order valence-corrected chi connectivity index (χ1v) is 10.3. The summed E-state index contributed by atoms with van der Waals surface area (Å²) in [6, 6.07) is 6.90. The van der Waals surface area contributed by atoms with Crippen LogP contribution in [0.4, 0.5) is 5.69 Å². The molecule has 1 aromatic rings. The van der Waals surface area contributed by atoms with E-state index < -0.39 is 0 Å². The fourth-order valence-electron chi connectivity index (χ4n) is 4.79. The van der Waals surface area contributed by atoms with Crippen molar-refractivity contribution >= 4 is 11.6 Å². The van der Waals surface area contributed by atoms with Gasteiger partial charge in [-0.1, -0.05) is 32.4 Å². The third kappa shape index (κ3) is 3.62. The van der Waals surface area contributed by atoms with E-state index in [1.165, 1.54) is 56.3 Å². The molecule has 2 atom stereocenters. The number of rotatable bonds is 5. The Balaban J connectivity index is 1.35. The smallest absolute Gasteiger partial charge is 0.229 e. The van der Waals surface area contributed by atoms with Crippen LogP contribution in [-0.2, 0) is 11.2 Å². The maximum absolute atomic E-state index is 12.3. The average molecular weight is 341 g/mol. The largest absolute Gasteiger partial charge is 0.317 e. The Bertz CT molecular complexity index is 633. The predicted molar refractivity (Wildman–Crippen MR) is 103 cm³/mol. The summed E-state index contributed by atoms with van der Waals surface area (Å²) in [6.45, 7) is 7.28. The molecule has 3 aliphatic rings. The maximum Gasteiger partial charge on any atom is 0.229 e. The van der Waals surface area contributed by atoms with Crippen molar-refractivity contribution in [2.45, 2.75) is 58.3 Å². The molecular weight excluding hydrogens is 308 g/mol. The molecule has 1 saturated heterocycles. The van der Waals surface area contributed by atoms with Gasteiger partial charge < -0.3 is 10.2 Å². The molecule has 0 aromatic heterocycles. The molecule has 4 rings (SSSR count). The van der Waals surface area contributed by atoms with E-state index in [4.69, 9.17) is 0 Å². The lowest BCUT2D eigenvalue weighted by molar-refractivity contribution is -0.121. The number of amides is 1. The van der Waals surface area contributed by atoms with E-state index in [0.717, 1.165) is 36.4 Å². The first-order valence-electron chi connectivity index (χ1n) is 10.3. The van der Waals surface area contributed by atoms with Gasteiger partial charge in [-0.3, -0.25) is 4.79 Å². The molecule has 136 valence electrons. The van der Waals surface area contributed by atoms with E-state index in [0.29, 0.717) is 0 Å². The van der Waals surface area contributed by atoms with Gasteiger partial charge in [-0.15, -0.1) is 0 Å². The summed E-state index contributed by atoms with van der Waals surface area (Å²) in [6.07, 6.45) is 7.97. The van der Waals surface area contributed by atoms with Crippen LogP contribution in [-0.4, -0.2) is 25.5 Å². The fraction of sp³-hybridized carbons (Fsp3) is 0.682. The summed E-state index contributed by atoms with van der Waals surface area (Å²) in [5.74, 6) is 2.98. The highest BCUT2D eigenvalue weighted by atomic mass is 16.2. The van der Waals surface area contributed by atoms with Crippen LogP contribution < -0.4 is 10.2 Å². The van der Waals surface area contributed by atoms with Gasteiger partial charge >= 0.3 is 0 Å².